The Kier molecular flexibility index (Phi) is 2.29. The maximum atomic E-state index is 10.8. The van der Waals surface area contributed by atoms with Crippen molar-refractivity contribution in [3.05, 3.63) is 36.0 Å². The van der Waals surface area contributed by atoms with E-state index in [1.54, 1.807) is 12.3 Å². The summed E-state index contributed by atoms with van der Waals surface area (Å²) in [6.45, 7) is 0.569. The summed E-state index contributed by atoms with van der Waals surface area (Å²) in [5, 5.41) is 8.88. The number of nitrogens with zero attached hydrogens (tertiary/aromatic N) is 1. The number of carboxylic acid groups (broad SMARTS) is 1. The van der Waals surface area contributed by atoms with Crippen LogP contribution in [-0.4, -0.2) is 24.7 Å². The van der Waals surface area contributed by atoms with Gasteiger partial charge in [-0.1, -0.05) is 0 Å². The number of hydrogen-bond acceptors (Lipinski definition) is 5. The van der Waals surface area contributed by atoms with Crippen LogP contribution < -0.4 is 9.64 Å². The third-order valence-corrected chi connectivity index (χ3v) is 2.85. The van der Waals surface area contributed by atoms with Gasteiger partial charge in [0.2, 0.25) is 5.76 Å². The lowest BCUT2D eigenvalue weighted by atomic mass is 10.2. The second kappa shape index (κ2) is 3.83. The van der Waals surface area contributed by atoms with E-state index in [2.05, 4.69) is 0 Å². The van der Waals surface area contributed by atoms with Crippen molar-refractivity contribution < 1.29 is 23.5 Å². The SMILES string of the molecule is CN1CC(c2ccco2)Oc2oc(C(=O)O)cc21. The van der Waals surface area contributed by atoms with E-state index in [1.807, 2.05) is 18.0 Å². The Labute approximate surface area is 102 Å². The van der Waals surface area contributed by atoms with E-state index in [9.17, 15) is 4.79 Å². The van der Waals surface area contributed by atoms with Crippen LogP contribution in [0.1, 0.15) is 22.4 Å². The number of hydrogen-bond donors (Lipinski definition) is 1. The van der Waals surface area contributed by atoms with E-state index in [0.29, 0.717) is 18.0 Å². The Morgan fingerprint density at radius 2 is 2.39 bits per heavy atom. The summed E-state index contributed by atoms with van der Waals surface area (Å²) in [5.41, 5.74) is 0.634. The molecule has 0 amide bonds. The third-order valence-electron chi connectivity index (χ3n) is 2.85. The molecule has 2 aromatic rings. The number of ether oxygens (including phenoxy) is 1. The Hall–Kier alpha value is -2.37. The molecule has 18 heavy (non-hydrogen) atoms. The van der Waals surface area contributed by atoms with Crippen molar-refractivity contribution in [1.82, 2.24) is 0 Å². The van der Waals surface area contributed by atoms with Crippen LogP contribution in [0.15, 0.2) is 33.3 Å². The van der Waals surface area contributed by atoms with Gasteiger partial charge in [-0.25, -0.2) is 4.79 Å². The number of furan rings is 2. The van der Waals surface area contributed by atoms with Crippen LogP contribution >= 0.6 is 0 Å². The maximum absolute atomic E-state index is 10.8. The van der Waals surface area contributed by atoms with Crippen LogP contribution in [0.25, 0.3) is 0 Å². The number of rotatable bonds is 2. The fourth-order valence-corrected chi connectivity index (χ4v) is 1.96. The fraction of sp³-hybridized carbons (Fsp3) is 0.250. The largest absolute Gasteiger partial charge is 0.475 e. The Balaban J connectivity index is 1.94. The van der Waals surface area contributed by atoms with Gasteiger partial charge in [-0.2, -0.15) is 0 Å². The first-order chi connectivity index (χ1) is 8.65. The van der Waals surface area contributed by atoms with E-state index in [4.69, 9.17) is 18.7 Å². The molecule has 0 spiro atoms. The normalized spacial score (nSPS) is 18.3. The monoisotopic (exact) mass is 249 g/mol. The van der Waals surface area contributed by atoms with Crippen LogP contribution in [0, 0.1) is 0 Å². The molecule has 2 aromatic heterocycles. The van der Waals surface area contributed by atoms with Crippen LogP contribution in [-0.2, 0) is 0 Å². The van der Waals surface area contributed by atoms with Crippen LogP contribution in [0.4, 0.5) is 5.69 Å². The molecule has 94 valence electrons. The highest BCUT2D eigenvalue weighted by atomic mass is 16.6. The molecule has 0 aromatic carbocycles. The zero-order valence-electron chi connectivity index (χ0n) is 9.62. The van der Waals surface area contributed by atoms with Crippen molar-refractivity contribution in [2.45, 2.75) is 6.10 Å². The van der Waals surface area contributed by atoms with Crippen molar-refractivity contribution in [2.24, 2.45) is 0 Å². The van der Waals surface area contributed by atoms with Crippen molar-refractivity contribution in [1.29, 1.82) is 0 Å². The van der Waals surface area contributed by atoms with E-state index in [1.165, 1.54) is 6.07 Å². The van der Waals surface area contributed by atoms with E-state index in [0.717, 1.165) is 0 Å². The number of aromatic carboxylic acids is 1. The van der Waals surface area contributed by atoms with Gasteiger partial charge in [0, 0.05) is 13.1 Å². The second-order valence-electron chi connectivity index (χ2n) is 4.09. The summed E-state index contributed by atoms with van der Waals surface area (Å²) in [5.74, 6) is -0.355. The predicted molar refractivity (Wildman–Crippen MR) is 61.0 cm³/mol. The fourth-order valence-electron chi connectivity index (χ4n) is 1.96. The average molecular weight is 249 g/mol. The minimum atomic E-state index is -1.11. The summed E-state index contributed by atoms with van der Waals surface area (Å²) in [7, 11) is 1.85. The summed E-state index contributed by atoms with van der Waals surface area (Å²) in [4.78, 5) is 12.7. The minimum absolute atomic E-state index is 0.132. The Morgan fingerprint density at radius 1 is 1.56 bits per heavy atom. The third kappa shape index (κ3) is 1.62. The topological polar surface area (TPSA) is 76.0 Å². The smallest absolute Gasteiger partial charge is 0.372 e. The number of carbonyl (C=O) groups is 1. The van der Waals surface area contributed by atoms with Crippen LogP contribution in [0.2, 0.25) is 0 Å². The minimum Gasteiger partial charge on any atom is -0.475 e. The molecule has 6 nitrogen and oxygen atoms in total. The van der Waals surface area contributed by atoms with Gasteiger partial charge >= 0.3 is 11.9 Å². The zero-order chi connectivity index (χ0) is 12.7. The van der Waals surface area contributed by atoms with Gasteiger partial charge in [-0.3, -0.25) is 0 Å². The van der Waals surface area contributed by atoms with E-state index < -0.39 is 5.97 Å². The molecule has 0 radical (unpaired) electrons. The van der Waals surface area contributed by atoms with Crippen molar-refractivity contribution in [2.75, 3.05) is 18.5 Å². The molecule has 0 bridgehead atoms. The Bertz CT molecular complexity index is 571. The number of anilines is 1. The highest BCUT2D eigenvalue weighted by Gasteiger charge is 2.31. The molecule has 1 aliphatic rings. The highest BCUT2D eigenvalue weighted by molar-refractivity contribution is 5.86. The molecule has 0 saturated heterocycles. The van der Waals surface area contributed by atoms with Crippen molar-refractivity contribution in [3.8, 4) is 5.95 Å². The van der Waals surface area contributed by atoms with Gasteiger partial charge in [-0.05, 0) is 12.1 Å². The molecule has 1 N–H and O–H groups in total. The van der Waals surface area contributed by atoms with Gasteiger partial charge in [0.1, 0.15) is 11.4 Å². The first-order valence-corrected chi connectivity index (χ1v) is 5.43. The van der Waals surface area contributed by atoms with Gasteiger partial charge in [0.15, 0.2) is 6.10 Å². The summed E-state index contributed by atoms with van der Waals surface area (Å²) >= 11 is 0. The highest BCUT2D eigenvalue weighted by Crippen LogP contribution is 2.39. The number of fused-ring (bicyclic) bond motifs is 1. The zero-order valence-corrected chi connectivity index (χ0v) is 9.62. The van der Waals surface area contributed by atoms with Gasteiger partial charge in [0.25, 0.3) is 0 Å². The molecule has 1 unspecified atom stereocenters. The van der Waals surface area contributed by atoms with Gasteiger partial charge in [-0.15, -0.1) is 0 Å². The molecule has 0 fully saturated rings. The number of carboxylic acids is 1. The summed E-state index contributed by atoms with van der Waals surface area (Å²) in [6, 6.07) is 5.04. The molecule has 1 atom stereocenters. The predicted octanol–water partition coefficient (Wildman–Crippen LogP) is 2.14. The molecular formula is C12H11NO5. The molecule has 6 heteroatoms. The van der Waals surface area contributed by atoms with E-state index in [-0.39, 0.29) is 17.8 Å². The molecule has 0 aliphatic carbocycles. The first kappa shape index (κ1) is 10.8. The van der Waals surface area contributed by atoms with Crippen LogP contribution in [0.5, 0.6) is 5.95 Å². The van der Waals surface area contributed by atoms with Crippen molar-refractivity contribution >= 4 is 11.7 Å². The molecule has 3 rings (SSSR count). The second-order valence-corrected chi connectivity index (χ2v) is 4.09. The van der Waals surface area contributed by atoms with Gasteiger partial charge in [0.05, 0.1) is 12.8 Å². The van der Waals surface area contributed by atoms with Gasteiger partial charge < -0.3 is 23.6 Å². The lowest BCUT2D eigenvalue weighted by molar-refractivity contribution is 0.0641. The first-order valence-electron chi connectivity index (χ1n) is 5.43. The number of likely N-dealkylation sites (N-methyl/N-ethyl adjacent to an activating group) is 1. The summed E-state index contributed by atoms with van der Waals surface area (Å²) in [6.07, 6.45) is 1.27. The van der Waals surface area contributed by atoms with Crippen molar-refractivity contribution in [3.63, 3.8) is 0 Å². The van der Waals surface area contributed by atoms with Crippen LogP contribution in [0.3, 0.4) is 0 Å². The quantitative estimate of drug-likeness (QED) is 0.878. The Morgan fingerprint density at radius 3 is 3.06 bits per heavy atom. The average Bonchev–Trinajstić information content (AvgIpc) is 2.97. The lowest BCUT2D eigenvalue weighted by Crippen LogP contribution is -2.31. The molecular weight excluding hydrogens is 238 g/mol. The molecule has 0 saturated carbocycles. The standard InChI is InChI=1S/C12H11NO5/c1-13-6-10(8-3-2-4-16-8)18-12-7(13)5-9(17-12)11(14)15/h2-5,10H,6H2,1H3,(H,14,15). The lowest BCUT2D eigenvalue weighted by Gasteiger charge is -2.29. The van der Waals surface area contributed by atoms with E-state index >= 15 is 0 Å². The summed E-state index contributed by atoms with van der Waals surface area (Å²) < 4.78 is 16.1. The molecule has 1 aliphatic heterocycles. The maximum Gasteiger partial charge on any atom is 0.372 e. The molecule has 3 heterocycles.